The van der Waals surface area contributed by atoms with Crippen LogP contribution in [0.15, 0.2) is 12.3 Å². The van der Waals surface area contributed by atoms with Crippen LogP contribution < -0.4 is 4.72 Å². The van der Waals surface area contributed by atoms with Crippen LogP contribution in [-0.4, -0.2) is 30.5 Å². The zero-order valence-electron chi connectivity index (χ0n) is 8.79. The van der Waals surface area contributed by atoms with Crippen LogP contribution in [0.25, 0.3) is 0 Å². The van der Waals surface area contributed by atoms with E-state index in [0.717, 1.165) is 0 Å². The van der Waals surface area contributed by atoms with E-state index in [4.69, 9.17) is 0 Å². The molecule has 0 aliphatic carbocycles. The molecule has 0 aliphatic heterocycles. The van der Waals surface area contributed by atoms with Gasteiger partial charge in [0.05, 0.1) is 18.0 Å². The molecule has 0 atom stereocenters. The van der Waals surface area contributed by atoms with Crippen LogP contribution in [0.5, 0.6) is 0 Å². The van der Waals surface area contributed by atoms with Crippen molar-refractivity contribution in [2.45, 2.75) is 25.6 Å². The van der Waals surface area contributed by atoms with Gasteiger partial charge in [-0.2, -0.15) is 18.3 Å². The number of halogens is 3. The molecule has 17 heavy (non-hydrogen) atoms. The van der Waals surface area contributed by atoms with Crippen LogP contribution in [-0.2, 0) is 16.6 Å². The predicted molar refractivity (Wildman–Crippen MR) is 54.5 cm³/mol. The molecule has 1 rings (SSSR count). The summed E-state index contributed by atoms with van der Waals surface area (Å²) in [5.74, 6) is -0.541. The van der Waals surface area contributed by atoms with Gasteiger partial charge in [0.25, 0.3) is 0 Å². The van der Waals surface area contributed by atoms with E-state index in [-0.39, 0.29) is 6.54 Å². The fourth-order valence-electron chi connectivity index (χ4n) is 1.11. The van der Waals surface area contributed by atoms with Crippen molar-refractivity contribution < 1.29 is 21.6 Å². The molecular weight excluding hydrogens is 259 g/mol. The quantitative estimate of drug-likeness (QED) is 0.815. The summed E-state index contributed by atoms with van der Waals surface area (Å²) < 4.78 is 60.2. The van der Waals surface area contributed by atoms with Crippen LogP contribution in [0.3, 0.4) is 0 Å². The Labute approximate surface area is 96.5 Å². The first-order valence-electron chi connectivity index (χ1n) is 4.81. The lowest BCUT2D eigenvalue weighted by molar-refractivity contribution is -0.134. The van der Waals surface area contributed by atoms with Gasteiger partial charge in [-0.15, -0.1) is 0 Å². The highest BCUT2D eigenvalue weighted by atomic mass is 32.2. The molecule has 5 nitrogen and oxygen atoms in total. The molecule has 0 unspecified atom stereocenters. The van der Waals surface area contributed by atoms with Crippen molar-refractivity contribution >= 4 is 10.0 Å². The average Bonchev–Trinajstić information content (AvgIpc) is 2.64. The summed E-state index contributed by atoms with van der Waals surface area (Å²) in [6.07, 6.45) is -4.41. The van der Waals surface area contributed by atoms with E-state index >= 15 is 0 Å². The van der Waals surface area contributed by atoms with Gasteiger partial charge in [-0.3, -0.25) is 5.10 Å². The van der Waals surface area contributed by atoms with Crippen molar-refractivity contribution in [3.05, 3.63) is 18.0 Å². The second kappa shape index (κ2) is 5.50. The Morgan fingerprint density at radius 1 is 1.41 bits per heavy atom. The molecule has 1 aromatic heterocycles. The molecule has 0 radical (unpaired) electrons. The first-order valence-corrected chi connectivity index (χ1v) is 6.46. The number of nitrogens with zero attached hydrogens (tertiary/aromatic N) is 1. The molecule has 9 heteroatoms. The maximum atomic E-state index is 11.8. The molecular formula is C8H12F3N3O2S. The fraction of sp³-hybridized carbons (Fsp3) is 0.625. The van der Waals surface area contributed by atoms with E-state index in [1.807, 2.05) is 0 Å². The number of sulfonamides is 1. The van der Waals surface area contributed by atoms with Gasteiger partial charge >= 0.3 is 6.18 Å². The number of nitrogens with one attached hydrogen (secondary N) is 2. The number of aromatic nitrogens is 2. The second-order valence-electron chi connectivity index (χ2n) is 3.44. The first kappa shape index (κ1) is 14.0. The summed E-state index contributed by atoms with van der Waals surface area (Å²) in [4.78, 5) is 0. The minimum Gasteiger partial charge on any atom is -0.281 e. The molecule has 2 N–H and O–H groups in total. The average molecular weight is 271 g/mol. The van der Waals surface area contributed by atoms with Gasteiger partial charge in [0.2, 0.25) is 10.0 Å². The van der Waals surface area contributed by atoms with E-state index in [1.165, 1.54) is 6.20 Å². The Kier molecular flexibility index (Phi) is 4.52. The number of hydrogen-bond acceptors (Lipinski definition) is 3. The van der Waals surface area contributed by atoms with Gasteiger partial charge in [-0.1, -0.05) is 0 Å². The molecule has 0 saturated heterocycles. The van der Waals surface area contributed by atoms with Crippen LogP contribution in [0.4, 0.5) is 13.2 Å². The molecule has 0 fully saturated rings. The van der Waals surface area contributed by atoms with Gasteiger partial charge in [0, 0.05) is 12.6 Å². The van der Waals surface area contributed by atoms with Crippen molar-refractivity contribution in [3.63, 3.8) is 0 Å². The Morgan fingerprint density at radius 2 is 2.12 bits per heavy atom. The molecule has 0 amide bonds. The third-order valence-corrected chi connectivity index (χ3v) is 3.32. The molecule has 0 aliphatic rings. The number of H-pyrrole nitrogens is 1. The zero-order chi connectivity index (χ0) is 12.9. The van der Waals surface area contributed by atoms with Crippen LogP contribution in [0.2, 0.25) is 0 Å². The normalized spacial score (nSPS) is 12.9. The van der Waals surface area contributed by atoms with Crippen LogP contribution >= 0.6 is 0 Å². The Morgan fingerprint density at radius 3 is 2.65 bits per heavy atom. The van der Waals surface area contributed by atoms with Crippen molar-refractivity contribution in [3.8, 4) is 0 Å². The summed E-state index contributed by atoms with van der Waals surface area (Å²) in [7, 11) is -3.68. The predicted octanol–water partition coefficient (Wildman–Crippen LogP) is 1.17. The van der Waals surface area contributed by atoms with E-state index in [1.54, 1.807) is 6.07 Å². The fourth-order valence-corrected chi connectivity index (χ4v) is 2.15. The Balaban J connectivity index is 2.31. The molecule has 98 valence electrons. The monoisotopic (exact) mass is 271 g/mol. The molecule has 1 aromatic rings. The highest BCUT2D eigenvalue weighted by Gasteiger charge is 2.27. The highest BCUT2D eigenvalue weighted by Crippen LogP contribution is 2.21. The number of hydrogen-bond donors (Lipinski definition) is 2. The molecule has 0 spiro atoms. The van der Waals surface area contributed by atoms with E-state index in [9.17, 15) is 21.6 Å². The third kappa shape index (κ3) is 6.27. The summed E-state index contributed by atoms with van der Waals surface area (Å²) in [6, 6.07) is 1.57. The molecule has 1 heterocycles. The number of aromatic amines is 1. The van der Waals surface area contributed by atoms with Crippen LogP contribution in [0.1, 0.15) is 18.5 Å². The van der Waals surface area contributed by atoms with Gasteiger partial charge in [0.1, 0.15) is 0 Å². The first-order chi connectivity index (χ1) is 7.79. The lowest BCUT2D eigenvalue weighted by Gasteiger charge is -2.07. The summed E-state index contributed by atoms with van der Waals surface area (Å²) in [6.45, 7) is -0.00560. The molecule has 0 aromatic carbocycles. The lowest BCUT2D eigenvalue weighted by Crippen LogP contribution is -2.26. The molecule has 0 saturated carbocycles. The van der Waals surface area contributed by atoms with Crippen molar-refractivity contribution in [2.75, 3.05) is 5.75 Å². The van der Waals surface area contributed by atoms with Crippen molar-refractivity contribution in [1.82, 2.24) is 14.9 Å². The Bertz CT molecular complexity index is 427. The van der Waals surface area contributed by atoms with Gasteiger partial charge in [-0.25, -0.2) is 13.1 Å². The maximum Gasteiger partial charge on any atom is 0.389 e. The summed E-state index contributed by atoms with van der Waals surface area (Å²) in [5, 5.41) is 6.14. The smallest absolute Gasteiger partial charge is 0.281 e. The van der Waals surface area contributed by atoms with Crippen LogP contribution in [0, 0.1) is 0 Å². The SMILES string of the molecule is O=S(=O)(CCCC(F)(F)F)NCc1ccn[nH]1. The van der Waals surface area contributed by atoms with E-state index in [0.29, 0.717) is 5.69 Å². The van der Waals surface area contributed by atoms with E-state index in [2.05, 4.69) is 14.9 Å². The van der Waals surface area contributed by atoms with Gasteiger partial charge in [0.15, 0.2) is 0 Å². The summed E-state index contributed by atoms with van der Waals surface area (Å²) >= 11 is 0. The number of alkyl halides is 3. The van der Waals surface area contributed by atoms with Crippen molar-refractivity contribution in [2.24, 2.45) is 0 Å². The Hall–Kier alpha value is -1.09. The standard InChI is InChI=1S/C8H12F3N3O2S/c9-8(10,11)3-1-5-17(15,16)13-6-7-2-4-12-14-7/h2,4,13H,1,3,5-6H2,(H,12,14). The lowest BCUT2D eigenvalue weighted by atomic mass is 10.3. The molecule has 0 bridgehead atoms. The van der Waals surface area contributed by atoms with E-state index < -0.39 is 34.8 Å². The van der Waals surface area contributed by atoms with Gasteiger partial charge in [-0.05, 0) is 12.5 Å². The van der Waals surface area contributed by atoms with Crippen molar-refractivity contribution in [1.29, 1.82) is 0 Å². The summed E-state index contributed by atoms with van der Waals surface area (Å²) in [5.41, 5.74) is 0.546. The number of rotatable bonds is 6. The topological polar surface area (TPSA) is 74.8 Å². The largest absolute Gasteiger partial charge is 0.389 e. The zero-order valence-corrected chi connectivity index (χ0v) is 9.61. The third-order valence-electron chi connectivity index (χ3n) is 1.91. The minimum atomic E-state index is -4.32. The highest BCUT2D eigenvalue weighted by molar-refractivity contribution is 7.89. The maximum absolute atomic E-state index is 11.8. The van der Waals surface area contributed by atoms with Gasteiger partial charge < -0.3 is 0 Å². The second-order valence-corrected chi connectivity index (χ2v) is 5.37. The minimum absolute atomic E-state index is 0.00560.